The summed E-state index contributed by atoms with van der Waals surface area (Å²) in [4.78, 5) is 0. The summed E-state index contributed by atoms with van der Waals surface area (Å²) >= 11 is 1.26. The predicted molar refractivity (Wildman–Crippen MR) is 59.4 cm³/mol. The van der Waals surface area contributed by atoms with E-state index in [1.54, 1.807) is 0 Å². The Morgan fingerprint density at radius 3 is 2.86 bits per heavy atom. The van der Waals surface area contributed by atoms with Gasteiger partial charge in [0.1, 0.15) is 0 Å². The Hall–Kier alpha value is -0.520. The second kappa shape index (κ2) is 7.84. The third-order valence-corrected chi connectivity index (χ3v) is 2.36. The molecule has 1 rings (SSSR count). The van der Waals surface area contributed by atoms with Crippen LogP contribution in [0.3, 0.4) is 0 Å². The molecule has 0 fully saturated rings. The van der Waals surface area contributed by atoms with Crippen LogP contribution in [-0.4, -0.2) is 28.4 Å². The van der Waals surface area contributed by atoms with Crippen molar-refractivity contribution in [1.29, 1.82) is 0 Å². The summed E-state index contributed by atoms with van der Waals surface area (Å²) in [6, 6.07) is 0. The van der Waals surface area contributed by atoms with Crippen molar-refractivity contribution in [3.63, 3.8) is 0 Å². The molecule has 0 bridgehead atoms. The molecule has 5 heteroatoms. The fourth-order valence-corrected chi connectivity index (χ4v) is 1.55. The van der Waals surface area contributed by atoms with Crippen molar-refractivity contribution < 1.29 is 0 Å². The van der Waals surface area contributed by atoms with Gasteiger partial charge in [-0.2, -0.15) is 8.75 Å². The normalized spacial score (nSPS) is 10.6. The van der Waals surface area contributed by atoms with Gasteiger partial charge in [-0.1, -0.05) is 6.92 Å². The Bertz CT molecular complexity index is 213. The molecule has 1 aromatic rings. The van der Waals surface area contributed by atoms with Gasteiger partial charge in [-0.25, -0.2) is 0 Å². The molecule has 0 amide bonds. The predicted octanol–water partition coefficient (Wildman–Crippen LogP) is 1.02. The fraction of sp³-hybridized carbons (Fsp3) is 0.778. The van der Waals surface area contributed by atoms with E-state index in [2.05, 4.69) is 26.3 Å². The van der Waals surface area contributed by atoms with E-state index in [9.17, 15) is 0 Å². The summed E-state index contributed by atoms with van der Waals surface area (Å²) in [5, 5.41) is 6.69. The van der Waals surface area contributed by atoms with Gasteiger partial charge in [0, 0.05) is 6.54 Å². The van der Waals surface area contributed by atoms with Crippen molar-refractivity contribution in [2.45, 2.75) is 26.3 Å². The van der Waals surface area contributed by atoms with E-state index in [4.69, 9.17) is 0 Å². The van der Waals surface area contributed by atoms with Crippen LogP contribution in [0, 0.1) is 0 Å². The Morgan fingerprint density at radius 1 is 1.29 bits per heavy atom. The van der Waals surface area contributed by atoms with E-state index < -0.39 is 0 Å². The zero-order chi connectivity index (χ0) is 10.1. The highest BCUT2D eigenvalue weighted by Gasteiger charge is 1.94. The molecule has 0 spiro atoms. The topological polar surface area (TPSA) is 49.8 Å². The highest BCUT2D eigenvalue weighted by atomic mass is 32.1. The van der Waals surface area contributed by atoms with Crippen molar-refractivity contribution >= 4 is 11.7 Å². The Labute approximate surface area is 89.4 Å². The van der Waals surface area contributed by atoms with Crippen molar-refractivity contribution in [3.05, 3.63) is 11.9 Å². The first kappa shape index (κ1) is 11.6. The summed E-state index contributed by atoms with van der Waals surface area (Å²) in [5.41, 5.74) is 1.04. The van der Waals surface area contributed by atoms with Crippen LogP contribution in [0.4, 0.5) is 0 Å². The second-order valence-electron chi connectivity index (χ2n) is 3.18. The van der Waals surface area contributed by atoms with E-state index in [0.717, 1.165) is 38.3 Å². The van der Waals surface area contributed by atoms with Gasteiger partial charge >= 0.3 is 0 Å². The molecule has 0 saturated carbocycles. The summed E-state index contributed by atoms with van der Waals surface area (Å²) < 4.78 is 8.06. The average Bonchev–Trinajstić information content (AvgIpc) is 2.69. The van der Waals surface area contributed by atoms with Gasteiger partial charge in [0.05, 0.1) is 23.6 Å². The van der Waals surface area contributed by atoms with Crippen molar-refractivity contribution in [3.8, 4) is 0 Å². The minimum atomic E-state index is 0.838. The molecule has 0 aromatic carbocycles. The van der Waals surface area contributed by atoms with E-state index in [1.807, 2.05) is 6.20 Å². The maximum absolute atomic E-state index is 4.12. The first-order chi connectivity index (χ1) is 6.93. The number of hydrogen-bond donors (Lipinski definition) is 2. The number of hydrogen-bond acceptors (Lipinski definition) is 5. The summed E-state index contributed by atoms with van der Waals surface area (Å²) in [6.45, 7) is 6.27. The molecule has 0 aliphatic carbocycles. The lowest BCUT2D eigenvalue weighted by Crippen LogP contribution is -2.22. The number of rotatable bonds is 8. The van der Waals surface area contributed by atoms with Gasteiger partial charge in [0.15, 0.2) is 0 Å². The van der Waals surface area contributed by atoms with Crippen molar-refractivity contribution in [2.75, 3.05) is 19.6 Å². The van der Waals surface area contributed by atoms with Crippen LogP contribution in [0.1, 0.15) is 25.5 Å². The number of nitrogens with one attached hydrogen (secondary N) is 2. The van der Waals surface area contributed by atoms with Gasteiger partial charge in [-0.15, -0.1) is 0 Å². The highest BCUT2D eigenvalue weighted by molar-refractivity contribution is 6.99. The van der Waals surface area contributed by atoms with Gasteiger partial charge in [0.2, 0.25) is 0 Å². The maximum Gasteiger partial charge on any atom is 0.0880 e. The van der Waals surface area contributed by atoms with E-state index >= 15 is 0 Å². The lowest BCUT2D eigenvalue weighted by Gasteiger charge is -2.03. The second-order valence-corrected chi connectivity index (χ2v) is 3.74. The molecule has 2 N–H and O–H groups in total. The van der Waals surface area contributed by atoms with Crippen molar-refractivity contribution in [1.82, 2.24) is 19.4 Å². The lowest BCUT2D eigenvalue weighted by molar-refractivity contribution is 0.589. The molecule has 0 aliphatic rings. The molecular weight excluding hydrogens is 196 g/mol. The van der Waals surface area contributed by atoms with Gasteiger partial charge in [-0.05, 0) is 32.5 Å². The van der Waals surface area contributed by atoms with Crippen LogP contribution in [0.15, 0.2) is 6.20 Å². The molecule has 0 unspecified atom stereocenters. The molecule has 14 heavy (non-hydrogen) atoms. The largest absolute Gasteiger partial charge is 0.317 e. The minimum absolute atomic E-state index is 0.838. The van der Waals surface area contributed by atoms with Crippen LogP contribution in [-0.2, 0) is 6.54 Å². The fourth-order valence-electron chi connectivity index (χ4n) is 1.12. The molecule has 0 atom stereocenters. The average molecular weight is 214 g/mol. The Morgan fingerprint density at radius 2 is 2.14 bits per heavy atom. The summed E-state index contributed by atoms with van der Waals surface area (Å²) in [5.74, 6) is 0. The Balaban J connectivity index is 1.85. The maximum atomic E-state index is 4.12. The van der Waals surface area contributed by atoms with Crippen LogP contribution >= 0.6 is 11.7 Å². The monoisotopic (exact) mass is 214 g/mol. The number of aromatic nitrogens is 2. The van der Waals surface area contributed by atoms with Crippen LogP contribution in [0.25, 0.3) is 0 Å². The van der Waals surface area contributed by atoms with Gasteiger partial charge < -0.3 is 10.6 Å². The zero-order valence-electron chi connectivity index (χ0n) is 8.62. The van der Waals surface area contributed by atoms with E-state index in [1.165, 1.54) is 18.1 Å². The van der Waals surface area contributed by atoms with E-state index in [0.29, 0.717) is 0 Å². The van der Waals surface area contributed by atoms with Crippen molar-refractivity contribution in [2.24, 2.45) is 0 Å². The molecular formula is C9H18N4S. The first-order valence-corrected chi connectivity index (χ1v) is 5.84. The highest BCUT2D eigenvalue weighted by Crippen LogP contribution is 1.93. The summed E-state index contributed by atoms with van der Waals surface area (Å²) in [6.07, 6.45) is 4.18. The smallest absolute Gasteiger partial charge is 0.0880 e. The quantitative estimate of drug-likeness (QED) is 0.634. The molecule has 0 radical (unpaired) electrons. The Kier molecular flexibility index (Phi) is 6.47. The molecule has 4 nitrogen and oxygen atoms in total. The minimum Gasteiger partial charge on any atom is -0.317 e. The third kappa shape index (κ3) is 5.26. The lowest BCUT2D eigenvalue weighted by atomic mass is 10.4. The molecule has 0 aliphatic heterocycles. The van der Waals surface area contributed by atoms with Crippen LogP contribution in [0.5, 0.6) is 0 Å². The SMILES string of the molecule is CCCNCCCNCc1cnsn1. The molecule has 1 heterocycles. The van der Waals surface area contributed by atoms with Crippen LogP contribution in [0.2, 0.25) is 0 Å². The number of nitrogens with zero attached hydrogens (tertiary/aromatic N) is 2. The molecule has 80 valence electrons. The van der Waals surface area contributed by atoms with Gasteiger partial charge in [0.25, 0.3) is 0 Å². The van der Waals surface area contributed by atoms with E-state index in [-0.39, 0.29) is 0 Å². The summed E-state index contributed by atoms with van der Waals surface area (Å²) in [7, 11) is 0. The standard InChI is InChI=1S/C9H18N4S/c1-2-4-10-5-3-6-11-7-9-8-12-14-13-9/h8,10-11H,2-7H2,1H3. The zero-order valence-corrected chi connectivity index (χ0v) is 9.44. The van der Waals surface area contributed by atoms with Gasteiger partial charge in [-0.3, -0.25) is 0 Å². The molecule has 1 aromatic heterocycles. The van der Waals surface area contributed by atoms with Crippen LogP contribution < -0.4 is 10.6 Å². The first-order valence-electron chi connectivity index (χ1n) is 5.11. The third-order valence-electron chi connectivity index (χ3n) is 1.85. The molecule has 0 saturated heterocycles.